The summed E-state index contributed by atoms with van der Waals surface area (Å²) in [7, 11) is 0. The molecule has 0 aromatic heterocycles. The highest BCUT2D eigenvalue weighted by Crippen LogP contribution is 2.22. The lowest BCUT2D eigenvalue weighted by molar-refractivity contribution is 0.148. The molecule has 110 valence electrons. The van der Waals surface area contributed by atoms with E-state index in [9.17, 15) is 4.79 Å². The minimum atomic E-state index is -0.228. The van der Waals surface area contributed by atoms with Crippen molar-refractivity contribution >= 4 is 6.09 Å². The number of aryl methyl sites for hydroxylation is 1. The van der Waals surface area contributed by atoms with Crippen LogP contribution in [-0.4, -0.2) is 36.8 Å². The molecule has 1 amide bonds. The molecule has 1 heterocycles. The summed E-state index contributed by atoms with van der Waals surface area (Å²) in [6.07, 6.45) is -0.228. The van der Waals surface area contributed by atoms with Crippen molar-refractivity contribution in [3.8, 4) is 5.75 Å². The molecule has 1 fully saturated rings. The number of rotatable bonds is 5. The van der Waals surface area contributed by atoms with Crippen molar-refractivity contribution in [1.29, 1.82) is 0 Å². The van der Waals surface area contributed by atoms with Crippen LogP contribution < -0.4 is 4.74 Å². The van der Waals surface area contributed by atoms with Crippen LogP contribution in [0, 0.1) is 19.8 Å². The molecular weight excluding hydrogens is 254 g/mol. The highest BCUT2D eigenvalue weighted by Gasteiger charge is 2.34. The largest absolute Gasteiger partial charge is 0.491 e. The van der Waals surface area contributed by atoms with E-state index in [1.807, 2.05) is 19.1 Å². The molecule has 4 nitrogen and oxygen atoms in total. The maximum atomic E-state index is 11.7. The van der Waals surface area contributed by atoms with Gasteiger partial charge in [-0.1, -0.05) is 26.0 Å². The van der Waals surface area contributed by atoms with Crippen molar-refractivity contribution in [3.05, 3.63) is 29.3 Å². The standard InChI is InChI=1S/C16H23NO3/c1-11(2)14-10-20-16(18)17(14)8-9-19-15-7-5-6-12(3)13(15)4/h5-7,11,14H,8-10H2,1-4H3. The number of nitrogens with zero attached hydrogens (tertiary/aromatic N) is 1. The van der Waals surface area contributed by atoms with Crippen LogP contribution in [0.5, 0.6) is 5.75 Å². The summed E-state index contributed by atoms with van der Waals surface area (Å²) in [5.41, 5.74) is 2.36. The van der Waals surface area contributed by atoms with Crippen LogP contribution in [0.2, 0.25) is 0 Å². The van der Waals surface area contributed by atoms with Crippen molar-refractivity contribution < 1.29 is 14.3 Å². The van der Waals surface area contributed by atoms with E-state index in [2.05, 4.69) is 26.8 Å². The van der Waals surface area contributed by atoms with Crippen molar-refractivity contribution in [1.82, 2.24) is 4.90 Å². The second-order valence-electron chi connectivity index (χ2n) is 5.63. The van der Waals surface area contributed by atoms with Crippen molar-refractivity contribution in [2.75, 3.05) is 19.8 Å². The normalized spacial score (nSPS) is 18.6. The number of ether oxygens (including phenoxy) is 2. The summed E-state index contributed by atoms with van der Waals surface area (Å²) in [4.78, 5) is 13.5. The molecule has 1 aromatic carbocycles. The Balaban J connectivity index is 1.92. The van der Waals surface area contributed by atoms with E-state index < -0.39 is 0 Å². The Kier molecular flexibility index (Phi) is 4.53. The third-order valence-electron chi connectivity index (χ3n) is 3.93. The summed E-state index contributed by atoms with van der Waals surface area (Å²) in [6.45, 7) is 9.86. The van der Waals surface area contributed by atoms with Gasteiger partial charge in [0, 0.05) is 0 Å². The minimum absolute atomic E-state index is 0.157. The zero-order valence-corrected chi connectivity index (χ0v) is 12.7. The fourth-order valence-corrected chi connectivity index (χ4v) is 2.41. The first kappa shape index (κ1) is 14.7. The third kappa shape index (κ3) is 3.06. The maximum absolute atomic E-state index is 11.7. The van der Waals surface area contributed by atoms with Crippen LogP contribution in [0.1, 0.15) is 25.0 Å². The Hall–Kier alpha value is -1.71. The Labute approximate surface area is 120 Å². The molecule has 0 bridgehead atoms. The summed E-state index contributed by atoms with van der Waals surface area (Å²) in [5.74, 6) is 1.28. The smallest absolute Gasteiger partial charge is 0.410 e. The topological polar surface area (TPSA) is 38.8 Å². The van der Waals surface area contributed by atoms with Gasteiger partial charge >= 0.3 is 6.09 Å². The third-order valence-corrected chi connectivity index (χ3v) is 3.93. The predicted octanol–water partition coefficient (Wildman–Crippen LogP) is 3.16. The molecule has 1 saturated heterocycles. The van der Waals surface area contributed by atoms with E-state index in [-0.39, 0.29) is 12.1 Å². The first-order chi connectivity index (χ1) is 9.50. The van der Waals surface area contributed by atoms with Gasteiger partial charge in [-0.05, 0) is 37.0 Å². The minimum Gasteiger partial charge on any atom is -0.491 e. The highest BCUT2D eigenvalue weighted by molar-refractivity contribution is 5.70. The summed E-state index contributed by atoms with van der Waals surface area (Å²) in [6, 6.07) is 6.17. The maximum Gasteiger partial charge on any atom is 0.410 e. The molecule has 1 unspecified atom stereocenters. The average Bonchev–Trinajstić information content (AvgIpc) is 2.76. The van der Waals surface area contributed by atoms with Crippen LogP contribution in [0.15, 0.2) is 18.2 Å². The lowest BCUT2D eigenvalue weighted by atomic mass is 10.1. The zero-order chi connectivity index (χ0) is 14.7. The second-order valence-corrected chi connectivity index (χ2v) is 5.63. The van der Waals surface area contributed by atoms with Gasteiger partial charge in [0.25, 0.3) is 0 Å². The molecule has 2 rings (SSSR count). The molecule has 0 spiro atoms. The van der Waals surface area contributed by atoms with Gasteiger partial charge in [0.15, 0.2) is 0 Å². The number of cyclic esters (lactones) is 1. The average molecular weight is 277 g/mol. The quantitative estimate of drug-likeness (QED) is 0.830. The molecule has 0 saturated carbocycles. The monoisotopic (exact) mass is 277 g/mol. The number of amides is 1. The number of carbonyl (C=O) groups excluding carboxylic acids is 1. The Morgan fingerprint density at radius 2 is 2.15 bits per heavy atom. The Morgan fingerprint density at radius 3 is 2.85 bits per heavy atom. The van der Waals surface area contributed by atoms with Crippen LogP contribution in [0.4, 0.5) is 4.79 Å². The van der Waals surface area contributed by atoms with Crippen molar-refractivity contribution in [2.45, 2.75) is 33.7 Å². The molecule has 0 aliphatic carbocycles. The number of benzene rings is 1. The summed E-state index contributed by atoms with van der Waals surface area (Å²) >= 11 is 0. The summed E-state index contributed by atoms with van der Waals surface area (Å²) in [5, 5.41) is 0. The first-order valence-corrected chi connectivity index (χ1v) is 7.13. The first-order valence-electron chi connectivity index (χ1n) is 7.13. The van der Waals surface area contributed by atoms with Gasteiger partial charge < -0.3 is 9.47 Å². The van der Waals surface area contributed by atoms with Crippen molar-refractivity contribution in [3.63, 3.8) is 0 Å². The predicted molar refractivity (Wildman–Crippen MR) is 78.1 cm³/mol. The SMILES string of the molecule is Cc1cccc(OCCN2C(=O)OCC2C(C)C)c1C. The Morgan fingerprint density at radius 1 is 1.40 bits per heavy atom. The van der Waals surface area contributed by atoms with E-state index in [4.69, 9.17) is 9.47 Å². The Bertz CT molecular complexity index is 485. The number of hydrogen-bond acceptors (Lipinski definition) is 3. The van der Waals surface area contributed by atoms with Gasteiger partial charge in [0.05, 0.1) is 12.6 Å². The van der Waals surface area contributed by atoms with Crippen LogP contribution in [0.3, 0.4) is 0 Å². The second kappa shape index (κ2) is 6.16. The van der Waals surface area contributed by atoms with Gasteiger partial charge in [-0.15, -0.1) is 0 Å². The molecule has 1 aliphatic rings. The highest BCUT2D eigenvalue weighted by atomic mass is 16.6. The summed E-state index contributed by atoms with van der Waals surface area (Å²) < 4.78 is 10.9. The molecule has 0 N–H and O–H groups in total. The van der Waals surface area contributed by atoms with Crippen LogP contribution in [-0.2, 0) is 4.74 Å². The lowest BCUT2D eigenvalue weighted by Crippen LogP contribution is -2.39. The van der Waals surface area contributed by atoms with E-state index in [0.29, 0.717) is 25.7 Å². The molecule has 4 heteroatoms. The van der Waals surface area contributed by atoms with Gasteiger partial charge in [-0.3, -0.25) is 4.90 Å². The number of hydrogen-bond donors (Lipinski definition) is 0. The molecule has 1 aromatic rings. The van der Waals surface area contributed by atoms with Gasteiger partial charge in [-0.2, -0.15) is 0 Å². The van der Waals surface area contributed by atoms with E-state index in [0.717, 1.165) is 11.3 Å². The van der Waals surface area contributed by atoms with Gasteiger partial charge in [0.2, 0.25) is 0 Å². The molecule has 1 aliphatic heterocycles. The zero-order valence-electron chi connectivity index (χ0n) is 12.7. The molecule has 20 heavy (non-hydrogen) atoms. The molecule has 1 atom stereocenters. The van der Waals surface area contributed by atoms with Gasteiger partial charge in [-0.25, -0.2) is 4.79 Å². The van der Waals surface area contributed by atoms with Crippen LogP contribution in [0.25, 0.3) is 0 Å². The van der Waals surface area contributed by atoms with Gasteiger partial charge in [0.1, 0.15) is 19.0 Å². The fraction of sp³-hybridized carbons (Fsp3) is 0.562. The van der Waals surface area contributed by atoms with Crippen LogP contribution >= 0.6 is 0 Å². The van der Waals surface area contributed by atoms with E-state index >= 15 is 0 Å². The van der Waals surface area contributed by atoms with Crippen molar-refractivity contribution in [2.24, 2.45) is 5.92 Å². The van der Waals surface area contributed by atoms with E-state index in [1.54, 1.807) is 4.90 Å². The molecule has 0 radical (unpaired) electrons. The lowest BCUT2D eigenvalue weighted by Gasteiger charge is -2.24. The number of carbonyl (C=O) groups is 1. The molecular formula is C16H23NO3. The van der Waals surface area contributed by atoms with E-state index in [1.165, 1.54) is 5.56 Å². The fourth-order valence-electron chi connectivity index (χ4n) is 2.41.